The Morgan fingerprint density at radius 1 is 1.30 bits per heavy atom. The lowest BCUT2D eigenvalue weighted by Crippen LogP contribution is -2.30. The van der Waals surface area contributed by atoms with E-state index >= 15 is 0 Å². The summed E-state index contributed by atoms with van der Waals surface area (Å²) in [6.07, 6.45) is 6.04. The van der Waals surface area contributed by atoms with E-state index in [9.17, 15) is 14.7 Å². The number of imidazole rings is 1. The second-order valence-electron chi connectivity index (χ2n) is 7.62. The highest BCUT2D eigenvalue weighted by molar-refractivity contribution is 6.31. The van der Waals surface area contributed by atoms with Crippen molar-refractivity contribution < 1.29 is 14.4 Å². The Labute approximate surface area is 193 Å². The third-order valence-electron chi connectivity index (χ3n) is 5.36. The van der Waals surface area contributed by atoms with E-state index in [0.717, 1.165) is 11.3 Å². The minimum Gasteiger partial charge on any atom is -0.501 e. The molecule has 0 aliphatic carbocycles. The monoisotopic (exact) mass is 468 g/mol. The van der Waals surface area contributed by atoms with Crippen LogP contribution in [0.1, 0.15) is 46.5 Å². The topological polar surface area (TPSA) is 128 Å². The summed E-state index contributed by atoms with van der Waals surface area (Å²) in [4.78, 5) is 34.3. The maximum Gasteiger partial charge on any atom is 0.296 e. The number of aromatic hydroxyl groups is 1. The van der Waals surface area contributed by atoms with Crippen molar-refractivity contribution in [2.45, 2.75) is 25.8 Å². The number of carbonyl (C=O) groups excluding carboxylic acids is 1. The number of rotatable bonds is 6. The molecule has 3 aromatic heterocycles. The Kier molecular flexibility index (Phi) is 6.01. The standard InChI is InChI=1S/C22H21ClN6O4/c1-12-9-29(11-24-12)18(15-6-4-5-7-16(15)23)13(2)20-27-17(19(30)22(32)28(20)3)21(31)26-14-8-25-33-10-14/h4-11,13,18,30H,1-3H3,(H,26,31). The van der Waals surface area contributed by atoms with Gasteiger partial charge in [-0.05, 0) is 18.6 Å². The number of amides is 1. The van der Waals surface area contributed by atoms with Crippen LogP contribution in [0.25, 0.3) is 0 Å². The first-order valence-electron chi connectivity index (χ1n) is 10.0. The van der Waals surface area contributed by atoms with Crippen LogP contribution < -0.4 is 10.9 Å². The van der Waals surface area contributed by atoms with Gasteiger partial charge in [-0.3, -0.25) is 14.2 Å². The van der Waals surface area contributed by atoms with Crippen molar-refractivity contribution in [2.24, 2.45) is 7.05 Å². The molecule has 2 N–H and O–H groups in total. The first-order valence-corrected chi connectivity index (χ1v) is 10.4. The average Bonchev–Trinajstić information content (AvgIpc) is 3.45. The van der Waals surface area contributed by atoms with Crippen molar-refractivity contribution in [3.8, 4) is 5.75 Å². The lowest BCUT2D eigenvalue weighted by molar-refractivity contribution is 0.101. The Morgan fingerprint density at radius 2 is 2.06 bits per heavy atom. The molecule has 1 aromatic carbocycles. The van der Waals surface area contributed by atoms with E-state index in [4.69, 9.17) is 16.1 Å². The molecule has 0 saturated carbocycles. The molecular weight excluding hydrogens is 448 g/mol. The third-order valence-corrected chi connectivity index (χ3v) is 5.71. The second-order valence-corrected chi connectivity index (χ2v) is 8.02. The van der Waals surface area contributed by atoms with Gasteiger partial charge in [0.2, 0.25) is 5.75 Å². The predicted octanol–water partition coefficient (Wildman–Crippen LogP) is 3.28. The number of halogens is 1. The molecule has 0 bridgehead atoms. The maximum absolute atomic E-state index is 12.8. The van der Waals surface area contributed by atoms with Crippen molar-refractivity contribution in [3.63, 3.8) is 0 Å². The third kappa shape index (κ3) is 4.24. The highest BCUT2D eigenvalue weighted by Crippen LogP contribution is 2.37. The zero-order valence-electron chi connectivity index (χ0n) is 18.1. The van der Waals surface area contributed by atoms with E-state index in [-0.39, 0.29) is 11.5 Å². The van der Waals surface area contributed by atoms with E-state index in [0.29, 0.717) is 5.02 Å². The molecular formula is C22H21ClN6O4. The Morgan fingerprint density at radius 3 is 2.70 bits per heavy atom. The molecule has 0 aliphatic heterocycles. The van der Waals surface area contributed by atoms with Crippen LogP contribution in [0.2, 0.25) is 5.02 Å². The summed E-state index contributed by atoms with van der Waals surface area (Å²) < 4.78 is 7.81. The number of nitrogens with zero attached hydrogens (tertiary/aromatic N) is 5. The molecule has 4 rings (SSSR count). The summed E-state index contributed by atoms with van der Waals surface area (Å²) in [7, 11) is 1.49. The number of benzene rings is 1. The Bertz CT molecular complexity index is 1360. The fourth-order valence-electron chi connectivity index (χ4n) is 3.77. The van der Waals surface area contributed by atoms with E-state index in [1.807, 2.05) is 42.8 Å². The number of anilines is 1. The Balaban J connectivity index is 1.83. The molecule has 3 heterocycles. The summed E-state index contributed by atoms with van der Waals surface area (Å²) in [5.74, 6) is -1.69. The summed E-state index contributed by atoms with van der Waals surface area (Å²) in [5.41, 5.74) is 0.713. The van der Waals surface area contributed by atoms with Gasteiger partial charge in [0, 0.05) is 24.2 Å². The SMILES string of the molecule is Cc1cn(C(c2ccccc2Cl)C(C)c2nc(C(=O)Nc3cnoc3)c(O)c(=O)n2C)cn1. The smallest absolute Gasteiger partial charge is 0.296 e. The van der Waals surface area contributed by atoms with Crippen LogP contribution in [0.3, 0.4) is 0 Å². The molecule has 0 aliphatic rings. The molecule has 0 spiro atoms. The molecule has 10 nitrogen and oxygen atoms in total. The molecule has 4 aromatic rings. The van der Waals surface area contributed by atoms with Gasteiger partial charge in [0.1, 0.15) is 17.8 Å². The van der Waals surface area contributed by atoms with E-state index in [1.165, 1.54) is 24.1 Å². The van der Waals surface area contributed by atoms with Crippen molar-refractivity contribution in [1.82, 2.24) is 24.3 Å². The average molecular weight is 469 g/mol. The van der Waals surface area contributed by atoms with Gasteiger partial charge in [0.05, 0.1) is 24.3 Å². The van der Waals surface area contributed by atoms with Crippen LogP contribution in [0.15, 0.2) is 58.6 Å². The fourth-order valence-corrected chi connectivity index (χ4v) is 4.01. The van der Waals surface area contributed by atoms with Gasteiger partial charge < -0.3 is 19.5 Å². The predicted molar refractivity (Wildman–Crippen MR) is 121 cm³/mol. The zero-order chi connectivity index (χ0) is 23.7. The van der Waals surface area contributed by atoms with E-state index in [1.54, 1.807) is 12.4 Å². The van der Waals surface area contributed by atoms with Gasteiger partial charge in [-0.25, -0.2) is 9.97 Å². The molecule has 170 valence electrons. The second kappa shape index (κ2) is 8.91. The van der Waals surface area contributed by atoms with Crippen molar-refractivity contribution >= 4 is 23.2 Å². The van der Waals surface area contributed by atoms with Gasteiger partial charge in [-0.2, -0.15) is 0 Å². The molecule has 1 amide bonds. The van der Waals surface area contributed by atoms with Crippen molar-refractivity contribution in [3.05, 3.63) is 87.4 Å². The van der Waals surface area contributed by atoms with E-state index < -0.39 is 34.9 Å². The van der Waals surface area contributed by atoms with Crippen LogP contribution in [-0.4, -0.2) is 35.3 Å². The number of aromatic nitrogens is 5. The molecule has 33 heavy (non-hydrogen) atoms. The van der Waals surface area contributed by atoms with Gasteiger partial charge >= 0.3 is 0 Å². The normalized spacial score (nSPS) is 13.0. The highest BCUT2D eigenvalue weighted by atomic mass is 35.5. The van der Waals surface area contributed by atoms with Crippen molar-refractivity contribution in [2.75, 3.05) is 5.32 Å². The summed E-state index contributed by atoms with van der Waals surface area (Å²) in [6.45, 7) is 3.73. The number of carbonyl (C=O) groups is 1. The quantitative estimate of drug-likeness (QED) is 0.444. The maximum atomic E-state index is 12.8. The zero-order valence-corrected chi connectivity index (χ0v) is 18.8. The molecule has 0 fully saturated rings. The van der Waals surface area contributed by atoms with E-state index in [2.05, 4.69) is 20.4 Å². The number of hydrogen-bond acceptors (Lipinski definition) is 7. The van der Waals surface area contributed by atoms with Gasteiger partial charge in [0.15, 0.2) is 5.69 Å². The first kappa shape index (κ1) is 22.3. The lowest BCUT2D eigenvalue weighted by Gasteiger charge is -2.27. The Hall–Kier alpha value is -3.92. The van der Waals surface area contributed by atoms with Crippen LogP contribution >= 0.6 is 11.6 Å². The molecule has 0 radical (unpaired) electrons. The van der Waals surface area contributed by atoms with Gasteiger partial charge in [-0.15, -0.1) is 0 Å². The van der Waals surface area contributed by atoms with Crippen molar-refractivity contribution in [1.29, 1.82) is 0 Å². The minimum atomic E-state index is -0.769. The molecule has 11 heteroatoms. The first-order chi connectivity index (χ1) is 15.8. The fraction of sp³-hybridized carbons (Fsp3) is 0.227. The summed E-state index contributed by atoms with van der Waals surface area (Å²) >= 11 is 6.52. The molecule has 2 unspecified atom stereocenters. The lowest BCUT2D eigenvalue weighted by atomic mass is 9.93. The summed E-state index contributed by atoms with van der Waals surface area (Å²) in [6, 6.07) is 6.97. The molecule has 2 atom stereocenters. The van der Waals surface area contributed by atoms with Gasteiger partial charge in [0.25, 0.3) is 11.5 Å². The largest absolute Gasteiger partial charge is 0.501 e. The number of hydrogen-bond donors (Lipinski definition) is 2. The molecule has 0 saturated heterocycles. The summed E-state index contributed by atoms with van der Waals surface area (Å²) in [5, 5.41) is 16.9. The number of nitrogens with one attached hydrogen (secondary N) is 1. The highest BCUT2D eigenvalue weighted by Gasteiger charge is 2.30. The van der Waals surface area contributed by atoms with Gasteiger partial charge in [-0.1, -0.05) is 41.9 Å². The minimum absolute atomic E-state index is 0.263. The van der Waals surface area contributed by atoms with Crippen LogP contribution in [0.5, 0.6) is 5.75 Å². The van der Waals surface area contributed by atoms with Crippen LogP contribution in [0.4, 0.5) is 5.69 Å². The number of aryl methyl sites for hydroxylation is 1. The van der Waals surface area contributed by atoms with Crippen LogP contribution in [-0.2, 0) is 7.05 Å². The van der Waals surface area contributed by atoms with Crippen LogP contribution in [0, 0.1) is 6.92 Å².